The number of carboxylic acids is 1. The van der Waals surface area contributed by atoms with Gasteiger partial charge in [0, 0.05) is 5.02 Å². The number of rotatable bonds is 3. The SMILES string of the molecule is Bc1ccc(C(=O)O)cc1/C=C/c1ccc(Cl)cc1. The van der Waals surface area contributed by atoms with Crippen molar-refractivity contribution in [3.63, 3.8) is 0 Å². The fourth-order valence-electron chi connectivity index (χ4n) is 1.71. The van der Waals surface area contributed by atoms with Gasteiger partial charge < -0.3 is 5.11 Å². The zero-order chi connectivity index (χ0) is 13.8. The zero-order valence-corrected chi connectivity index (χ0v) is 11.2. The second-order valence-electron chi connectivity index (χ2n) is 4.26. The van der Waals surface area contributed by atoms with Gasteiger partial charge >= 0.3 is 5.97 Å². The Morgan fingerprint density at radius 2 is 1.79 bits per heavy atom. The molecule has 2 rings (SSSR count). The van der Waals surface area contributed by atoms with Crippen LogP contribution in [0.25, 0.3) is 12.2 Å². The Hall–Kier alpha value is -2.00. The average molecular weight is 271 g/mol. The number of carboxylic acid groups (broad SMARTS) is 1. The second kappa shape index (κ2) is 5.76. The van der Waals surface area contributed by atoms with Gasteiger partial charge in [-0.3, -0.25) is 0 Å². The van der Waals surface area contributed by atoms with Crippen LogP contribution in [-0.2, 0) is 0 Å². The molecular formula is C15H12BClO2. The van der Waals surface area contributed by atoms with Crippen molar-refractivity contribution in [2.45, 2.75) is 0 Å². The first-order valence-electron chi connectivity index (χ1n) is 5.84. The highest BCUT2D eigenvalue weighted by atomic mass is 35.5. The topological polar surface area (TPSA) is 37.3 Å². The minimum atomic E-state index is -0.916. The Morgan fingerprint density at radius 1 is 1.11 bits per heavy atom. The molecule has 2 aromatic rings. The molecule has 0 amide bonds. The summed E-state index contributed by atoms with van der Waals surface area (Å²) in [5, 5.41) is 9.67. The summed E-state index contributed by atoms with van der Waals surface area (Å²) in [7, 11) is 1.95. The van der Waals surface area contributed by atoms with Crippen molar-refractivity contribution in [2.75, 3.05) is 0 Å². The average Bonchev–Trinajstić information content (AvgIpc) is 2.39. The summed E-state index contributed by atoms with van der Waals surface area (Å²) >= 11 is 5.82. The van der Waals surface area contributed by atoms with Crippen LogP contribution in [0, 0.1) is 0 Å². The lowest BCUT2D eigenvalue weighted by Gasteiger charge is -2.02. The highest BCUT2D eigenvalue weighted by Gasteiger charge is 2.03. The predicted molar refractivity (Wildman–Crippen MR) is 82.0 cm³/mol. The Bertz CT molecular complexity index is 633. The molecule has 0 radical (unpaired) electrons. The minimum Gasteiger partial charge on any atom is -0.478 e. The van der Waals surface area contributed by atoms with Crippen LogP contribution in [0.1, 0.15) is 21.5 Å². The first-order valence-corrected chi connectivity index (χ1v) is 6.21. The standard InChI is InChI=1S/C15H12BClO2/c16-14-8-5-12(15(18)19)9-11(14)4-1-10-2-6-13(17)7-3-10/h1-9H,16H2,(H,18,19)/b4-1+. The zero-order valence-electron chi connectivity index (χ0n) is 10.4. The summed E-state index contributed by atoms with van der Waals surface area (Å²) in [5.74, 6) is -0.916. The number of benzene rings is 2. The highest BCUT2D eigenvalue weighted by molar-refractivity contribution is 6.34. The van der Waals surface area contributed by atoms with Gasteiger partial charge in [0.1, 0.15) is 7.85 Å². The van der Waals surface area contributed by atoms with E-state index in [1.165, 1.54) is 0 Å². The van der Waals surface area contributed by atoms with Crippen molar-refractivity contribution >= 4 is 43.0 Å². The maximum Gasteiger partial charge on any atom is 0.335 e. The Morgan fingerprint density at radius 3 is 2.42 bits per heavy atom. The van der Waals surface area contributed by atoms with Crippen LogP contribution in [0.4, 0.5) is 0 Å². The lowest BCUT2D eigenvalue weighted by Crippen LogP contribution is -2.09. The summed E-state index contributed by atoms with van der Waals surface area (Å²) < 4.78 is 0. The molecule has 94 valence electrons. The Balaban J connectivity index is 2.29. The number of hydrogen-bond donors (Lipinski definition) is 1. The molecule has 0 aliphatic carbocycles. The van der Waals surface area contributed by atoms with E-state index >= 15 is 0 Å². The first-order chi connectivity index (χ1) is 9.06. The van der Waals surface area contributed by atoms with E-state index in [1.54, 1.807) is 12.1 Å². The third-order valence-electron chi connectivity index (χ3n) is 2.85. The van der Waals surface area contributed by atoms with Gasteiger partial charge in [-0.2, -0.15) is 0 Å². The van der Waals surface area contributed by atoms with Crippen molar-refractivity contribution in [2.24, 2.45) is 0 Å². The van der Waals surface area contributed by atoms with Crippen LogP contribution < -0.4 is 5.46 Å². The van der Waals surface area contributed by atoms with Crippen LogP contribution in [0.15, 0.2) is 42.5 Å². The Labute approximate surface area is 117 Å². The van der Waals surface area contributed by atoms with Crippen molar-refractivity contribution in [3.8, 4) is 0 Å². The quantitative estimate of drug-likeness (QED) is 0.687. The van der Waals surface area contributed by atoms with Crippen LogP contribution in [0.5, 0.6) is 0 Å². The smallest absolute Gasteiger partial charge is 0.335 e. The molecule has 2 aromatic carbocycles. The summed E-state index contributed by atoms with van der Waals surface area (Å²) in [4.78, 5) is 10.9. The van der Waals surface area contributed by atoms with E-state index in [1.807, 2.05) is 50.3 Å². The van der Waals surface area contributed by atoms with Gasteiger partial charge in [-0.15, -0.1) is 0 Å². The lowest BCUT2D eigenvalue weighted by molar-refractivity contribution is 0.0697. The molecule has 0 aromatic heterocycles. The van der Waals surface area contributed by atoms with Crippen LogP contribution >= 0.6 is 11.6 Å². The van der Waals surface area contributed by atoms with E-state index in [2.05, 4.69) is 0 Å². The molecule has 0 fully saturated rings. The van der Waals surface area contributed by atoms with Crippen molar-refractivity contribution in [3.05, 3.63) is 64.2 Å². The molecule has 0 aliphatic heterocycles. The van der Waals surface area contributed by atoms with E-state index in [4.69, 9.17) is 16.7 Å². The largest absolute Gasteiger partial charge is 0.478 e. The Kier molecular flexibility index (Phi) is 4.08. The normalized spacial score (nSPS) is 10.8. The molecule has 0 spiro atoms. The van der Waals surface area contributed by atoms with Gasteiger partial charge in [0.2, 0.25) is 0 Å². The second-order valence-corrected chi connectivity index (χ2v) is 4.70. The van der Waals surface area contributed by atoms with Gasteiger partial charge in [-0.1, -0.05) is 47.4 Å². The lowest BCUT2D eigenvalue weighted by atomic mass is 9.89. The maximum absolute atomic E-state index is 10.9. The van der Waals surface area contributed by atoms with Crippen molar-refractivity contribution in [1.29, 1.82) is 0 Å². The van der Waals surface area contributed by atoms with E-state index in [0.717, 1.165) is 16.6 Å². The van der Waals surface area contributed by atoms with Crippen molar-refractivity contribution < 1.29 is 9.90 Å². The molecule has 0 saturated carbocycles. The van der Waals surface area contributed by atoms with E-state index in [9.17, 15) is 4.79 Å². The van der Waals surface area contributed by atoms with E-state index in [-0.39, 0.29) is 0 Å². The van der Waals surface area contributed by atoms with E-state index < -0.39 is 5.97 Å². The van der Waals surface area contributed by atoms with Gasteiger partial charge in [-0.25, -0.2) is 4.79 Å². The third-order valence-corrected chi connectivity index (χ3v) is 3.10. The van der Waals surface area contributed by atoms with Crippen LogP contribution in [-0.4, -0.2) is 18.9 Å². The van der Waals surface area contributed by atoms with E-state index in [0.29, 0.717) is 10.6 Å². The van der Waals surface area contributed by atoms with Crippen LogP contribution in [0.3, 0.4) is 0 Å². The summed E-state index contributed by atoms with van der Waals surface area (Å²) in [6.07, 6.45) is 3.84. The number of aromatic carboxylic acids is 1. The molecule has 0 aliphatic rings. The fraction of sp³-hybridized carbons (Fsp3) is 0. The highest BCUT2D eigenvalue weighted by Crippen LogP contribution is 2.12. The van der Waals surface area contributed by atoms with Crippen molar-refractivity contribution in [1.82, 2.24) is 0 Å². The number of halogens is 1. The minimum absolute atomic E-state index is 0.293. The van der Waals surface area contributed by atoms with Gasteiger partial charge in [0.05, 0.1) is 5.56 Å². The third kappa shape index (κ3) is 3.49. The molecule has 0 atom stereocenters. The molecule has 19 heavy (non-hydrogen) atoms. The fourth-order valence-corrected chi connectivity index (χ4v) is 1.84. The number of hydrogen-bond acceptors (Lipinski definition) is 1. The summed E-state index contributed by atoms with van der Waals surface area (Å²) in [6, 6.07) is 12.6. The number of carbonyl (C=O) groups is 1. The summed E-state index contributed by atoms with van der Waals surface area (Å²) in [5.41, 5.74) is 3.25. The molecule has 0 saturated heterocycles. The van der Waals surface area contributed by atoms with Gasteiger partial charge in [0.15, 0.2) is 0 Å². The molecule has 2 nitrogen and oxygen atoms in total. The van der Waals surface area contributed by atoms with Gasteiger partial charge in [-0.05, 0) is 35.4 Å². The van der Waals surface area contributed by atoms with Crippen LogP contribution in [0.2, 0.25) is 5.02 Å². The maximum atomic E-state index is 10.9. The van der Waals surface area contributed by atoms with Gasteiger partial charge in [0.25, 0.3) is 0 Å². The summed E-state index contributed by atoms with van der Waals surface area (Å²) in [6.45, 7) is 0. The molecule has 0 unspecified atom stereocenters. The predicted octanol–water partition coefficient (Wildman–Crippen LogP) is 2.47. The monoisotopic (exact) mass is 270 g/mol. The molecule has 4 heteroatoms. The first kappa shape index (κ1) is 13.4. The molecule has 0 bridgehead atoms. The molecular weight excluding hydrogens is 258 g/mol. The molecule has 1 N–H and O–H groups in total. The molecule has 0 heterocycles.